The molecule has 0 unspecified atom stereocenters. The lowest BCUT2D eigenvalue weighted by molar-refractivity contribution is 0.186. The van der Waals surface area contributed by atoms with Gasteiger partial charge in [0.15, 0.2) is 0 Å². The van der Waals surface area contributed by atoms with Gasteiger partial charge in [-0.1, -0.05) is 29.8 Å². The topological polar surface area (TPSA) is 32.3 Å². The number of benzene rings is 1. The van der Waals surface area contributed by atoms with E-state index in [0.717, 1.165) is 31.5 Å². The summed E-state index contributed by atoms with van der Waals surface area (Å²) in [6.07, 6.45) is 3.53. The molecule has 0 bridgehead atoms. The molecule has 1 aliphatic heterocycles. The van der Waals surface area contributed by atoms with Gasteiger partial charge in [0.2, 0.25) is 0 Å². The number of hydrogen-bond donors (Lipinski definition) is 1. The Bertz CT molecular complexity index is 366. The Morgan fingerprint density at radius 1 is 1.18 bits per heavy atom. The number of carbonyl (C=O) groups is 1. The van der Waals surface area contributed by atoms with Gasteiger partial charge in [0.25, 0.3) is 0 Å². The van der Waals surface area contributed by atoms with Gasteiger partial charge in [-0.15, -0.1) is 0 Å². The van der Waals surface area contributed by atoms with E-state index in [0.29, 0.717) is 6.54 Å². The maximum Gasteiger partial charge on any atom is 0.317 e. The third-order valence-electron chi connectivity index (χ3n) is 3.21. The highest BCUT2D eigenvalue weighted by atomic mass is 16.2. The highest BCUT2D eigenvalue weighted by Gasteiger charge is 2.15. The minimum Gasteiger partial charge on any atom is -0.334 e. The molecule has 0 aliphatic carbocycles. The molecule has 2 amide bonds. The number of carbonyl (C=O) groups excluding carboxylic acids is 1. The molecular formula is C14H20N2O. The largest absolute Gasteiger partial charge is 0.334 e. The lowest BCUT2D eigenvalue weighted by atomic mass is 10.1. The summed E-state index contributed by atoms with van der Waals surface area (Å²) in [5, 5.41) is 2.98. The summed E-state index contributed by atoms with van der Waals surface area (Å²) < 4.78 is 0. The van der Waals surface area contributed by atoms with E-state index in [4.69, 9.17) is 0 Å². The van der Waals surface area contributed by atoms with Crippen molar-refractivity contribution in [3.8, 4) is 0 Å². The van der Waals surface area contributed by atoms with Crippen molar-refractivity contribution < 1.29 is 4.79 Å². The second-order valence-corrected chi connectivity index (χ2v) is 4.69. The molecule has 1 saturated heterocycles. The Kier molecular flexibility index (Phi) is 4.02. The Labute approximate surface area is 103 Å². The molecule has 17 heavy (non-hydrogen) atoms. The Morgan fingerprint density at radius 3 is 2.47 bits per heavy atom. The van der Waals surface area contributed by atoms with Crippen molar-refractivity contribution in [2.45, 2.75) is 32.7 Å². The van der Waals surface area contributed by atoms with Crippen LogP contribution in [-0.2, 0) is 6.54 Å². The third-order valence-corrected chi connectivity index (χ3v) is 3.21. The summed E-state index contributed by atoms with van der Waals surface area (Å²) in [7, 11) is 0. The minimum atomic E-state index is 0.0743. The van der Waals surface area contributed by atoms with Gasteiger partial charge in [-0.2, -0.15) is 0 Å². The number of likely N-dealkylation sites (tertiary alicyclic amines) is 1. The molecule has 0 radical (unpaired) electrons. The number of aryl methyl sites for hydroxylation is 1. The monoisotopic (exact) mass is 232 g/mol. The molecule has 0 saturated carbocycles. The van der Waals surface area contributed by atoms with Gasteiger partial charge in [0, 0.05) is 19.6 Å². The van der Waals surface area contributed by atoms with Crippen LogP contribution in [0.15, 0.2) is 24.3 Å². The zero-order valence-corrected chi connectivity index (χ0v) is 10.4. The number of rotatable bonds is 2. The number of nitrogens with zero attached hydrogens (tertiary/aromatic N) is 1. The standard InChI is InChI=1S/C14H20N2O/c1-12-5-7-13(8-6-12)11-15-14(17)16-9-3-2-4-10-16/h5-8H,2-4,9-11H2,1H3,(H,15,17). The molecule has 1 aromatic rings. The van der Waals surface area contributed by atoms with Crippen LogP contribution in [0.5, 0.6) is 0 Å². The molecule has 92 valence electrons. The third kappa shape index (κ3) is 3.48. The minimum absolute atomic E-state index is 0.0743. The first-order chi connectivity index (χ1) is 8.25. The van der Waals surface area contributed by atoms with Crippen LogP contribution in [0.2, 0.25) is 0 Å². The number of amides is 2. The zero-order valence-electron chi connectivity index (χ0n) is 10.4. The van der Waals surface area contributed by atoms with Gasteiger partial charge in [0.1, 0.15) is 0 Å². The van der Waals surface area contributed by atoms with Crippen LogP contribution < -0.4 is 5.32 Å². The van der Waals surface area contributed by atoms with E-state index in [1.165, 1.54) is 12.0 Å². The highest BCUT2D eigenvalue weighted by molar-refractivity contribution is 5.74. The van der Waals surface area contributed by atoms with Gasteiger partial charge in [0.05, 0.1) is 0 Å². The average Bonchev–Trinajstić information content (AvgIpc) is 2.39. The lowest BCUT2D eigenvalue weighted by Gasteiger charge is -2.26. The van der Waals surface area contributed by atoms with Crippen molar-refractivity contribution in [1.82, 2.24) is 10.2 Å². The van der Waals surface area contributed by atoms with Crippen molar-refractivity contribution in [2.75, 3.05) is 13.1 Å². The van der Waals surface area contributed by atoms with Crippen LogP contribution >= 0.6 is 0 Å². The van der Waals surface area contributed by atoms with Crippen LogP contribution in [0.4, 0.5) is 4.79 Å². The average molecular weight is 232 g/mol. The summed E-state index contributed by atoms with van der Waals surface area (Å²) in [4.78, 5) is 13.8. The maximum atomic E-state index is 11.9. The number of piperidine rings is 1. The molecule has 2 rings (SSSR count). The van der Waals surface area contributed by atoms with Crippen molar-refractivity contribution in [2.24, 2.45) is 0 Å². The zero-order chi connectivity index (χ0) is 12.1. The fourth-order valence-corrected chi connectivity index (χ4v) is 2.09. The fourth-order valence-electron chi connectivity index (χ4n) is 2.09. The normalized spacial score (nSPS) is 15.7. The molecule has 3 heteroatoms. The van der Waals surface area contributed by atoms with E-state index in [1.807, 2.05) is 4.90 Å². The summed E-state index contributed by atoms with van der Waals surface area (Å²) in [5.74, 6) is 0. The summed E-state index contributed by atoms with van der Waals surface area (Å²) in [6.45, 7) is 4.49. The molecule has 0 spiro atoms. The smallest absolute Gasteiger partial charge is 0.317 e. The second kappa shape index (κ2) is 5.71. The van der Waals surface area contributed by atoms with Gasteiger partial charge >= 0.3 is 6.03 Å². The van der Waals surface area contributed by atoms with Crippen molar-refractivity contribution >= 4 is 6.03 Å². The first-order valence-corrected chi connectivity index (χ1v) is 6.34. The van der Waals surface area contributed by atoms with Crippen LogP contribution in [0.1, 0.15) is 30.4 Å². The van der Waals surface area contributed by atoms with E-state index in [2.05, 4.69) is 36.5 Å². The van der Waals surface area contributed by atoms with Gasteiger partial charge in [-0.3, -0.25) is 0 Å². The van der Waals surface area contributed by atoms with Gasteiger partial charge in [-0.25, -0.2) is 4.79 Å². The van der Waals surface area contributed by atoms with Gasteiger partial charge in [-0.05, 0) is 31.7 Å². The van der Waals surface area contributed by atoms with Gasteiger partial charge < -0.3 is 10.2 Å². The lowest BCUT2D eigenvalue weighted by Crippen LogP contribution is -2.42. The predicted molar refractivity (Wildman–Crippen MR) is 68.8 cm³/mol. The Hall–Kier alpha value is -1.51. The fraction of sp³-hybridized carbons (Fsp3) is 0.500. The molecule has 1 fully saturated rings. The quantitative estimate of drug-likeness (QED) is 0.835. The molecule has 0 atom stereocenters. The van der Waals surface area contributed by atoms with Crippen molar-refractivity contribution in [1.29, 1.82) is 0 Å². The van der Waals surface area contributed by atoms with E-state index in [-0.39, 0.29) is 6.03 Å². The van der Waals surface area contributed by atoms with E-state index >= 15 is 0 Å². The number of urea groups is 1. The first kappa shape index (κ1) is 12.0. The SMILES string of the molecule is Cc1ccc(CNC(=O)N2CCCCC2)cc1. The summed E-state index contributed by atoms with van der Waals surface area (Å²) in [5.41, 5.74) is 2.40. The maximum absolute atomic E-state index is 11.9. The summed E-state index contributed by atoms with van der Waals surface area (Å²) >= 11 is 0. The Balaban J connectivity index is 1.81. The number of hydrogen-bond acceptors (Lipinski definition) is 1. The van der Waals surface area contributed by atoms with Crippen LogP contribution in [0.3, 0.4) is 0 Å². The molecule has 1 aliphatic rings. The van der Waals surface area contributed by atoms with E-state index < -0.39 is 0 Å². The molecular weight excluding hydrogens is 212 g/mol. The molecule has 3 nitrogen and oxygen atoms in total. The van der Waals surface area contributed by atoms with E-state index in [9.17, 15) is 4.79 Å². The predicted octanol–water partition coefficient (Wildman–Crippen LogP) is 2.69. The van der Waals surface area contributed by atoms with Crippen LogP contribution in [-0.4, -0.2) is 24.0 Å². The molecule has 0 aromatic heterocycles. The Morgan fingerprint density at radius 2 is 1.82 bits per heavy atom. The second-order valence-electron chi connectivity index (χ2n) is 4.69. The van der Waals surface area contributed by atoms with Crippen LogP contribution in [0.25, 0.3) is 0 Å². The molecule has 1 N–H and O–H groups in total. The molecule has 1 heterocycles. The molecule has 1 aromatic carbocycles. The van der Waals surface area contributed by atoms with Crippen molar-refractivity contribution in [3.05, 3.63) is 35.4 Å². The van der Waals surface area contributed by atoms with Crippen LogP contribution in [0, 0.1) is 6.92 Å². The summed E-state index contributed by atoms with van der Waals surface area (Å²) in [6, 6.07) is 8.34. The van der Waals surface area contributed by atoms with Crippen molar-refractivity contribution in [3.63, 3.8) is 0 Å². The number of nitrogens with one attached hydrogen (secondary N) is 1. The highest BCUT2D eigenvalue weighted by Crippen LogP contribution is 2.09. The van der Waals surface area contributed by atoms with E-state index in [1.54, 1.807) is 0 Å². The first-order valence-electron chi connectivity index (χ1n) is 6.34.